The van der Waals surface area contributed by atoms with Crippen molar-refractivity contribution in [2.75, 3.05) is 13.1 Å². The fraction of sp³-hybridized carbons (Fsp3) is 1.00. The zero-order valence-corrected chi connectivity index (χ0v) is 10.2. The Morgan fingerprint density at radius 1 is 0.929 bits per heavy atom. The van der Waals surface area contributed by atoms with Crippen molar-refractivity contribution in [3.8, 4) is 0 Å². The van der Waals surface area contributed by atoms with Crippen LogP contribution in [0.15, 0.2) is 0 Å². The molecule has 1 nitrogen and oxygen atoms in total. The second-order valence-corrected chi connectivity index (χ2v) is 6.56. The third-order valence-electron chi connectivity index (χ3n) is 5.43. The van der Waals surface area contributed by atoms with Crippen molar-refractivity contribution in [1.29, 1.82) is 0 Å². The van der Waals surface area contributed by atoms with Crippen molar-refractivity contribution in [3.05, 3.63) is 0 Å². The summed E-state index contributed by atoms with van der Waals surface area (Å²) in [6.45, 7) is 12.4. The van der Waals surface area contributed by atoms with E-state index in [1.807, 2.05) is 0 Å². The first kappa shape index (κ1) is 10.5. The maximum Gasteiger partial charge on any atom is -0.00435 e. The van der Waals surface area contributed by atoms with Gasteiger partial charge < -0.3 is 5.32 Å². The molecular weight excluding hydrogens is 170 g/mol. The Morgan fingerprint density at radius 2 is 1.57 bits per heavy atom. The van der Waals surface area contributed by atoms with Crippen LogP contribution in [0.2, 0.25) is 0 Å². The normalized spacial score (nSPS) is 47.1. The molecule has 82 valence electrons. The zero-order chi connectivity index (χ0) is 10.4. The van der Waals surface area contributed by atoms with Gasteiger partial charge in [-0.15, -0.1) is 0 Å². The fourth-order valence-electron chi connectivity index (χ4n) is 3.64. The van der Waals surface area contributed by atoms with Crippen molar-refractivity contribution >= 4 is 0 Å². The minimum Gasteiger partial charge on any atom is -0.317 e. The Morgan fingerprint density at radius 3 is 2.14 bits per heavy atom. The van der Waals surface area contributed by atoms with Crippen LogP contribution in [0.4, 0.5) is 0 Å². The molecule has 1 unspecified atom stereocenters. The Kier molecular flexibility index (Phi) is 2.23. The molecule has 2 atom stereocenters. The summed E-state index contributed by atoms with van der Waals surface area (Å²) < 4.78 is 0. The van der Waals surface area contributed by atoms with Crippen molar-refractivity contribution < 1.29 is 0 Å². The SMILES string of the molecule is CC1(C)CC1(C)[C@]1(C)CCCNCC1. The van der Waals surface area contributed by atoms with E-state index in [0.717, 1.165) is 0 Å². The maximum absolute atomic E-state index is 3.53. The zero-order valence-electron chi connectivity index (χ0n) is 10.2. The summed E-state index contributed by atoms with van der Waals surface area (Å²) in [5.74, 6) is 0. The molecule has 1 saturated carbocycles. The lowest BCUT2D eigenvalue weighted by molar-refractivity contribution is 0.118. The van der Waals surface area contributed by atoms with Gasteiger partial charge in [-0.25, -0.2) is 0 Å². The first-order chi connectivity index (χ1) is 6.41. The Bertz CT molecular complexity index is 223. The van der Waals surface area contributed by atoms with Crippen LogP contribution in [-0.2, 0) is 0 Å². The third kappa shape index (κ3) is 1.32. The summed E-state index contributed by atoms with van der Waals surface area (Å²) in [6, 6.07) is 0. The molecule has 1 heterocycles. The molecule has 2 fully saturated rings. The van der Waals surface area contributed by atoms with Crippen LogP contribution in [0.1, 0.15) is 53.4 Å². The van der Waals surface area contributed by atoms with E-state index in [2.05, 4.69) is 33.0 Å². The van der Waals surface area contributed by atoms with Gasteiger partial charge in [0.1, 0.15) is 0 Å². The molecular formula is C13H25N. The van der Waals surface area contributed by atoms with E-state index < -0.39 is 0 Å². The summed E-state index contributed by atoms with van der Waals surface area (Å²) in [7, 11) is 0. The van der Waals surface area contributed by atoms with E-state index in [1.165, 1.54) is 38.8 Å². The molecule has 1 aliphatic heterocycles. The highest BCUT2D eigenvalue weighted by Crippen LogP contribution is 2.73. The topological polar surface area (TPSA) is 12.0 Å². The second-order valence-electron chi connectivity index (χ2n) is 6.56. The molecule has 1 N–H and O–H groups in total. The van der Waals surface area contributed by atoms with Crippen molar-refractivity contribution in [1.82, 2.24) is 5.32 Å². The van der Waals surface area contributed by atoms with Crippen LogP contribution in [-0.4, -0.2) is 13.1 Å². The summed E-state index contributed by atoms with van der Waals surface area (Å²) >= 11 is 0. The van der Waals surface area contributed by atoms with Gasteiger partial charge in [0.25, 0.3) is 0 Å². The Balaban J connectivity index is 2.15. The molecule has 0 aromatic rings. The summed E-state index contributed by atoms with van der Waals surface area (Å²) in [6.07, 6.45) is 5.57. The fourth-order valence-corrected chi connectivity index (χ4v) is 3.64. The van der Waals surface area contributed by atoms with Crippen LogP contribution in [0, 0.1) is 16.2 Å². The molecule has 0 aromatic heterocycles. The maximum atomic E-state index is 3.53. The van der Waals surface area contributed by atoms with E-state index in [4.69, 9.17) is 0 Å². The van der Waals surface area contributed by atoms with Crippen LogP contribution < -0.4 is 5.32 Å². The second kappa shape index (κ2) is 2.98. The van der Waals surface area contributed by atoms with Gasteiger partial charge in [0.05, 0.1) is 0 Å². The van der Waals surface area contributed by atoms with Gasteiger partial charge in [-0.05, 0) is 55.0 Å². The highest BCUT2D eigenvalue weighted by Gasteiger charge is 2.65. The van der Waals surface area contributed by atoms with E-state index >= 15 is 0 Å². The highest BCUT2D eigenvalue weighted by molar-refractivity contribution is 5.14. The lowest BCUT2D eigenvalue weighted by Crippen LogP contribution is -2.31. The standard InChI is InChI=1S/C13H25N/c1-11(2)10-13(11,4)12(3)6-5-8-14-9-7-12/h14H,5-10H2,1-4H3/t12-,13?/m1/s1. The predicted molar refractivity (Wildman–Crippen MR) is 61.3 cm³/mol. The van der Waals surface area contributed by atoms with E-state index in [1.54, 1.807) is 0 Å². The highest BCUT2D eigenvalue weighted by atomic mass is 14.9. The lowest BCUT2D eigenvalue weighted by atomic mass is 9.67. The molecule has 1 saturated heterocycles. The average Bonchev–Trinajstić information content (AvgIpc) is 2.68. The summed E-state index contributed by atoms with van der Waals surface area (Å²) in [5, 5.41) is 3.53. The first-order valence-corrected chi connectivity index (χ1v) is 6.12. The number of nitrogens with one attached hydrogen (secondary N) is 1. The van der Waals surface area contributed by atoms with Gasteiger partial charge in [-0.2, -0.15) is 0 Å². The van der Waals surface area contributed by atoms with Crippen molar-refractivity contribution in [2.45, 2.75) is 53.4 Å². The summed E-state index contributed by atoms with van der Waals surface area (Å²) in [5.41, 5.74) is 1.78. The molecule has 1 heteroatoms. The largest absolute Gasteiger partial charge is 0.317 e. The summed E-state index contributed by atoms with van der Waals surface area (Å²) in [4.78, 5) is 0. The average molecular weight is 195 g/mol. The molecule has 2 aliphatic rings. The number of hydrogen-bond acceptors (Lipinski definition) is 1. The van der Waals surface area contributed by atoms with E-state index in [9.17, 15) is 0 Å². The molecule has 0 amide bonds. The van der Waals surface area contributed by atoms with Crippen LogP contribution >= 0.6 is 0 Å². The molecule has 0 spiro atoms. The number of rotatable bonds is 1. The van der Waals surface area contributed by atoms with Crippen LogP contribution in [0.3, 0.4) is 0 Å². The van der Waals surface area contributed by atoms with Crippen LogP contribution in [0.5, 0.6) is 0 Å². The first-order valence-electron chi connectivity index (χ1n) is 6.12. The number of hydrogen-bond donors (Lipinski definition) is 1. The van der Waals surface area contributed by atoms with Gasteiger partial charge in [-0.1, -0.05) is 27.7 Å². The molecule has 0 radical (unpaired) electrons. The molecule has 14 heavy (non-hydrogen) atoms. The smallest absolute Gasteiger partial charge is 0.00435 e. The van der Waals surface area contributed by atoms with Gasteiger partial charge in [0.15, 0.2) is 0 Å². The minimum atomic E-state index is 0.583. The van der Waals surface area contributed by atoms with E-state index in [0.29, 0.717) is 16.2 Å². The molecule has 0 bridgehead atoms. The molecule has 1 aliphatic carbocycles. The molecule has 2 rings (SSSR count). The minimum absolute atomic E-state index is 0.583. The van der Waals surface area contributed by atoms with Crippen LogP contribution in [0.25, 0.3) is 0 Å². The van der Waals surface area contributed by atoms with Gasteiger partial charge in [0.2, 0.25) is 0 Å². The van der Waals surface area contributed by atoms with E-state index in [-0.39, 0.29) is 0 Å². The van der Waals surface area contributed by atoms with Crippen molar-refractivity contribution in [2.24, 2.45) is 16.2 Å². The monoisotopic (exact) mass is 195 g/mol. The predicted octanol–water partition coefficient (Wildman–Crippen LogP) is 3.20. The Hall–Kier alpha value is -0.0400. The van der Waals surface area contributed by atoms with Crippen molar-refractivity contribution in [3.63, 3.8) is 0 Å². The van der Waals surface area contributed by atoms with Gasteiger partial charge in [0, 0.05) is 0 Å². The van der Waals surface area contributed by atoms with Gasteiger partial charge in [-0.3, -0.25) is 0 Å². The lowest BCUT2D eigenvalue weighted by Gasteiger charge is -2.38. The third-order valence-corrected chi connectivity index (χ3v) is 5.43. The quantitative estimate of drug-likeness (QED) is 0.677. The van der Waals surface area contributed by atoms with Gasteiger partial charge >= 0.3 is 0 Å². The Labute approximate surface area is 88.7 Å². The molecule has 0 aromatic carbocycles.